The zero-order valence-electron chi connectivity index (χ0n) is 9.81. The van der Waals surface area contributed by atoms with Gasteiger partial charge in [0.1, 0.15) is 0 Å². The zero-order valence-corrected chi connectivity index (χ0v) is 9.81. The van der Waals surface area contributed by atoms with E-state index in [9.17, 15) is 0 Å². The van der Waals surface area contributed by atoms with E-state index in [1.165, 1.54) is 19.6 Å². The third kappa shape index (κ3) is 2.94. The molecular formula is C11H24N2O. The number of nitrogens with zero attached hydrogens (tertiary/aromatic N) is 1. The van der Waals surface area contributed by atoms with E-state index in [-0.39, 0.29) is 5.60 Å². The van der Waals surface area contributed by atoms with E-state index in [4.69, 9.17) is 4.74 Å². The molecule has 1 N–H and O–H groups in total. The maximum absolute atomic E-state index is 5.91. The lowest BCUT2D eigenvalue weighted by Gasteiger charge is -2.41. The largest absolute Gasteiger partial charge is 0.374 e. The Labute approximate surface area is 87.8 Å². The maximum atomic E-state index is 5.91. The van der Waals surface area contributed by atoms with E-state index in [0.717, 1.165) is 26.0 Å². The molecule has 0 amide bonds. The Balaban J connectivity index is 2.45. The Morgan fingerprint density at radius 1 is 1.29 bits per heavy atom. The molecule has 0 saturated carbocycles. The molecule has 1 heterocycles. The van der Waals surface area contributed by atoms with Crippen LogP contribution in [0.2, 0.25) is 0 Å². The fourth-order valence-electron chi connectivity index (χ4n) is 2.28. The number of hydrogen-bond acceptors (Lipinski definition) is 3. The summed E-state index contributed by atoms with van der Waals surface area (Å²) < 4.78 is 5.91. The smallest absolute Gasteiger partial charge is 0.0830 e. The average Bonchev–Trinajstić information content (AvgIpc) is 2.20. The fourth-order valence-corrected chi connectivity index (χ4v) is 2.28. The van der Waals surface area contributed by atoms with Gasteiger partial charge in [-0.05, 0) is 33.4 Å². The molecule has 3 heteroatoms. The second-order valence-corrected chi connectivity index (χ2v) is 4.08. The number of rotatable bonds is 5. The predicted octanol–water partition coefficient (Wildman–Crippen LogP) is 1.10. The number of ether oxygens (including phenoxy) is 1. The van der Waals surface area contributed by atoms with Gasteiger partial charge in [0.15, 0.2) is 0 Å². The molecule has 0 spiro atoms. The van der Waals surface area contributed by atoms with E-state index in [2.05, 4.69) is 24.1 Å². The van der Waals surface area contributed by atoms with Crippen LogP contribution in [-0.2, 0) is 4.74 Å². The molecule has 84 valence electrons. The molecule has 0 atom stereocenters. The summed E-state index contributed by atoms with van der Waals surface area (Å²) >= 11 is 0. The minimum Gasteiger partial charge on any atom is -0.374 e. The highest BCUT2D eigenvalue weighted by Gasteiger charge is 2.33. The van der Waals surface area contributed by atoms with Crippen molar-refractivity contribution in [2.24, 2.45) is 0 Å². The molecule has 3 nitrogen and oxygen atoms in total. The molecule has 14 heavy (non-hydrogen) atoms. The molecule has 1 aliphatic rings. The third-order valence-electron chi connectivity index (χ3n) is 3.16. The second-order valence-electron chi connectivity index (χ2n) is 4.08. The van der Waals surface area contributed by atoms with Gasteiger partial charge in [0, 0.05) is 26.2 Å². The van der Waals surface area contributed by atoms with Gasteiger partial charge in [-0.1, -0.05) is 6.92 Å². The molecule has 0 aromatic carbocycles. The molecule has 0 radical (unpaired) electrons. The number of nitrogens with one attached hydrogen (secondary N) is 1. The lowest BCUT2D eigenvalue weighted by molar-refractivity contribution is -0.0757. The van der Waals surface area contributed by atoms with Crippen molar-refractivity contribution in [3.8, 4) is 0 Å². The summed E-state index contributed by atoms with van der Waals surface area (Å²) in [6, 6.07) is 0. The van der Waals surface area contributed by atoms with Gasteiger partial charge in [-0.15, -0.1) is 0 Å². The topological polar surface area (TPSA) is 24.5 Å². The van der Waals surface area contributed by atoms with Crippen molar-refractivity contribution in [1.29, 1.82) is 0 Å². The van der Waals surface area contributed by atoms with Gasteiger partial charge in [-0.2, -0.15) is 0 Å². The molecule has 1 fully saturated rings. The van der Waals surface area contributed by atoms with Crippen LogP contribution in [0.15, 0.2) is 0 Å². The van der Waals surface area contributed by atoms with Gasteiger partial charge in [-0.25, -0.2) is 0 Å². The van der Waals surface area contributed by atoms with E-state index in [1.807, 2.05) is 7.05 Å². The van der Waals surface area contributed by atoms with Crippen molar-refractivity contribution in [1.82, 2.24) is 10.2 Å². The predicted molar refractivity (Wildman–Crippen MR) is 59.6 cm³/mol. The van der Waals surface area contributed by atoms with Crippen LogP contribution in [0.4, 0.5) is 0 Å². The lowest BCUT2D eigenvalue weighted by Crippen LogP contribution is -2.51. The van der Waals surface area contributed by atoms with Crippen LogP contribution in [0.5, 0.6) is 0 Å². The van der Waals surface area contributed by atoms with Crippen molar-refractivity contribution < 1.29 is 4.74 Å². The molecule has 0 aromatic heterocycles. The Hall–Kier alpha value is -0.120. The summed E-state index contributed by atoms with van der Waals surface area (Å²) in [6.07, 6.45) is 2.32. The van der Waals surface area contributed by atoms with Crippen molar-refractivity contribution in [3.63, 3.8) is 0 Å². The van der Waals surface area contributed by atoms with Crippen LogP contribution in [0.25, 0.3) is 0 Å². The van der Waals surface area contributed by atoms with Crippen LogP contribution in [0, 0.1) is 0 Å². The van der Waals surface area contributed by atoms with Crippen LogP contribution >= 0.6 is 0 Å². The minimum absolute atomic E-state index is 0.106. The summed E-state index contributed by atoms with van der Waals surface area (Å²) in [7, 11) is 2.01. The summed E-state index contributed by atoms with van der Waals surface area (Å²) in [6.45, 7) is 9.65. The van der Waals surface area contributed by atoms with E-state index in [1.54, 1.807) is 0 Å². The normalized spacial score (nSPS) is 22.5. The molecule has 0 aromatic rings. The first kappa shape index (κ1) is 12.0. The molecule has 1 aliphatic heterocycles. The van der Waals surface area contributed by atoms with E-state index >= 15 is 0 Å². The van der Waals surface area contributed by atoms with Crippen molar-refractivity contribution in [2.75, 3.05) is 39.8 Å². The standard InChI is InChI=1S/C11H24N2O/c1-4-13-8-6-11(7-9-13,10-12-3)14-5-2/h12H,4-10H2,1-3H3. The summed E-state index contributed by atoms with van der Waals surface area (Å²) in [5, 5.41) is 3.25. The van der Waals surface area contributed by atoms with Gasteiger partial charge < -0.3 is 15.0 Å². The fraction of sp³-hybridized carbons (Fsp3) is 1.00. The average molecular weight is 200 g/mol. The van der Waals surface area contributed by atoms with Gasteiger partial charge in [0.05, 0.1) is 5.60 Å². The summed E-state index contributed by atoms with van der Waals surface area (Å²) in [4.78, 5) is 2.49. The maximum Gasteiger partial charge on any atom is 0.0830 e. The van der Waals surface area contributed by atoms with Gasteiger partial charge in [-0.3, -0.25) is 0 Å². The number of hydrogen-bond donors (Lipinski definition) is 1. The molecule has 1 saturated heterocycles. The highest BCUT2D eigenvalue weighted by atomic mass is 16.5. The first-order valence-corrected chi connectivity index (χ1v) is 5.77. The Bertz CT molecular complexity index is 145. The van der Waals surface area contributed by atoms with Gasteiger partial charge in [0.2, 0.25) is 0 Å². The van der Waals surface area contributed by atoms with Crippen molar-refractivity contribution in [3.05, 3.63) is 0 Å². The highest BCUT2D eigenvalue weighted by Crippen LogP contribution is 2.25. The van der Waals surface area contributed by atoms with Crippen LogP contribution < -0.4 is 5.32 Å². The summed E-state index contributed by atoms with van der Waals surface area (Å²) in [5.74, 6) is 0. The number of likely N-dealkylation sites (N-methyl/N-ethyl adjacent to an activating group) is 1. The number of piperidine rings is 1. The van der Waals surface area contributed by atoms with Crippen molar-refractivity contribution >= 4 is 0 Å². The van der Waals surface area contributed by atoms with Crippen LogP contribution in [0.1, 0.15) is 26.7 Å². The molecule has 0 aliphatic carbocycles. The molecular weight excluding hydrogens is 176 g/mol. The van der Waals surface area contributed by atoms with Crippen LogP contribution in [0.3, 0.4) is 0 Å². The first-order valence-electron chi connectivity index (χ1n) is 5.77. The third-order valence-corrected chi connectivity index (χ3v) is 3.16. The Kier molecular flexibility index (Phi) is 4.85. The lowest BCUT2D eigenvalue weighted by atomic mass is 9.91. The quantitative estimate of drug-likeness (QED) is 0.719. The first-order chi connectivity index (χ1) is 6.76. The Morgan fingerprint density at radius 2 is 1.93 bits per heavy atom. The monoisotopic (exact) mass is 200 g/mol. The van der Waals surface area contributed by atoms with Gasteiger partial charge >= 0.3 is 0 Å². The molecule has 0 unspecified atom stereocenters. The Morgan fingerprint density at radius 3 is 2.36 bits per heavy atom. The number of likely N-dealkylation sites (tertiary alicyclic amines) is 1. The van der Waals surface area contributed by atoms with Gasteiger partial charge in [0.25, 0.3) is 0 Å². The summed E-state index contributed by atoms with van der Waals surface area (Å²) in [5.41, 5.74) is 0.106. The van der Waals surface area contributed by atoms with E-state index in [0.29, 0.717) is 0 Å². The SMILES string of the molecule is CCOC1(CNC)CCN(CC)CC1. The molecule has 0 bridgehead atoms. The zero-order chi connectivity index (χ0) is 10.4. The van der Waals surface area contributed by atoms with Crippen molar-refractivity contribution in [2.45, 2.75) is 32.3 Å². The van der Waals surface area contributed by atoms with E-state index < -0.39 is 0 Å². The second kappa shape index (κ2) is 5.69. The molecule has 1 rings (SSSR count). The highest BCUT2D eigenvalue weighted by molar-refractivity contribution is 4.89. The van der Waals surface area contributed by atoms with Crippen LogP contribution in [-0.4, -0.2) is 50.3 Å². The minimum atomic E-state index is 0.106.